The number of fused-ring (bicyclic) bond motifs is 1. The maximum Gasteiger partial charge on any atom is 0.182 e. The number of aryl methyl sites for hydroxylation is 1. The SMILES string of the molecule is Cc1c(Cl)cccc1S(=O)(=O)Cc1ccc2c(c1)nc(C)n2CCO. The van der Waals surface area contributed by atoms with Crippen LogP contribution in [-0.2, 0) is 22.1 Å². The second-order valence-corrected chi connectivity index (χ2v) is 8.34. The first-order valence-corrected chi connectivity index (χ1v) is 9.91. The van der Waals surface area contributed by atoms with Gasteiger partial charge in [0.25, 0.3) is 0 Å². The Bertz CT molecular complexity index is 1040. The molecule has 0 bridgehead atoms. The van der Waals surface area contributed by atoms with E-state index in [1.165, 1.54) is 0 Å². The van der Waals surface area contributed by atoms with Crippen molar-refractivity contribution >= 4 is 32.5 Å². The van der Waals surface area contributed by atoms with E-state index in [0.717, 1.165) is 16.9 Å². The molecule has 0 saturated heterocycles. The third-order valence-corrected chi connectivity index (χ3v) is 6.47. The lowest BCUT2D eigenvalue weighted by Crippen LogP contribution is -2.07. The first-order chi connectivity index (χ1) is 11.8. The minimum atomic E-state index is -3.51. The lowest BCUT2D eigenvalue weighted by molar-refractivity contribution is 0.276. The van der Waals surface area contributed by atoms with Crippen molar-refractivity contribution in [2.45, 2.75) is 31.0 Å². The summed E-state index contributed by atoms with van der Waals surface area (Å²) in [5.74, 6) is 0.672. The number of aliphatic hydroxyl groups excluding tert-OH is 1. The third-order valence-electron chi connectivity index (χ3n) is 4.24. The Balaban J connectivity index is 1.99. The fourth-order valence-corrected chi connectivity index (χ4v) is 4.86. The van der Waals surface area contributed by atoms with Crippen LogP contribution in [-0.4, -0.2) is 29.7 Å². The van der Waals surface area contributed by atoms with Gasteiger partial charge in [-0.2, -0.15) is 0 Å². The minimum Gasteiger partial charge on any atom is -0.395 e. The summed E-state index contributed by atoms with van der Waals surface area (Å²) in [5, 5.41) is 9.60. The molecular weight excluding hydrogens is 360 g/mol. The summed E-state index contributed by atoms with van der Waals surface area (Å²) in [7, 11) is -3.51. The number of hydrogen-bond acceptors (Lipinski definition) is 4. The molecule has 3 aromatic rings. The Morgan fingerprint density at radius 3 is 2.68 bits per heavy atom. The van der Waals surface area contributed by atoms with Crippen LogP contribution in [0.2, 0.25) is 5.02 Å². The fraction of sp³-hybridized carbons (Fsp3) is 0.278. The van der Waals surface area contributed by atoms with Crippen molar-refractivity contribution in [3.63, 3.8) is 0 Å². The Kier molecular flexibility index (Phi) is 4.86. The van der Waals surface area contributed by atoms with E-state index >= 15 is 0 Å². The maximum atomic E-state index is 12.8. The molecule has 132 valence electrons. The van der Waals surface area contributed by atoms with Gasteiger partial charge in [0.2, 0.25) is 0 Å². The normalized spacial score (nSPS) is 12.0. The van der Waals surface area contributed by atoms with Crippen LogP contribution in [0, 0.1) is 13.8 Å². The van der Waals surface area contributed by atoms with Crippen LogP contribution in [0.1, 0.15) is 17.0 Å². The van der Waals surface area contributed by atoms with Crippen molar-refractivity contribution in [1.29, 1.82) is 0 Å². The number of aliphatic hydroxyl groups is 1. The van der Waals surface area contributed by atoms with Crippen molar-refractivity contribution in [2.24, 2.45) is 0 Å². The molecular formula is C18H19ClN2O3S. The number of imidazole rings is 1. The minimum absolute atomic E-state index is 0.0243. The van der Waals surface area contributed by atoms with Gasteiger partial charge < -0.3 is 9.67 Å². The second kappa shape index (κ2) is 6.78. The fourth-order valence-electron chi connectivity index (χ4n) is 2.99. The number of halogens is 1. The summed E-state index contributed by atoms with van der Waals surface area (Å²) >= 11 is 6.05. The molecule has 0 saturated carbocycles. The Labute approximate surface area is 151 Å². The molecule has 1 heterocycles. The number of benzene rings is 2. The second-order valence-electron chi connectivity index (χ2n) is 5.98. The van der Waals surface area contributed by atoms with Crippen molar-refractivity contribution in [1.82, 2.24) is 9.55 Å². The predicted octanol–water partition coefficient (Wildman–Crippen LogP) is 3.27. The highest BCUT2D eigenvalue weighted by atomic mass is 35.5. The molecule has 1 aromatic heterocycles. The number of sulfone groups is 1. The summed E-state index contributed by atoms with van der Waals surface area (Å²) < 4.78 is 27.4. The zero-order valence-corrected chi connectivity index (χ0v) is 15.6. The van der Waals surface area contributed by atoms with Crippen molar-refractivity contribution < 1.29 is 13.5 Å². The van der Waals surface area contributed by atoms with Crippen LogP contribution in [0.4, 0.5) is 0 Å². The molecule has 0 radical (unpaired) electrons. The molecule has 7 heteroatoms. The van der Waals surface area contributed by atoms with Crippen LogP contribution in [0.5, 0.6) is 0 Å². The van der Waals surface area contributed by atoms with Gasteiger partial charge >= 0.3 is 0 Å². The predicted molar refractivity (Wildman–Crippen MR) is 98.6 cm³/mol. The smallest absolute Gasteiger partial charge is 0.182 e. The molecule has 3 rings (SSSR count). The van der Waals surface area contributed by atoms with E-state index in [0.29, 0.717) is 22.7 Å². The van der Waals surface area contributed by atoms with Gasteiger partial charge in [0.05, 0.1) is 28.3 Å². The van der Waals surface area contributed by atoms with Gasteiger partial charge in [-0.1, -0.05) is 23.7 Å². The molecule has 0 spiro atoms. The summed E-state index contributed by atoms with van der Waals surface area (Å²) in [6.45, 7) is 4.05. The molecule has 25 heavy (non-hydrogen) atoms. The molecule has 0 atom stereocenters. The van der Waals surface area contributed by atoms with Crippen LogP contribution < -0.4 is 0 Å². The van der Waals surface area contributed by atoms with E-state index in [9.17, 15) is 8.42 Å². The topological polar surface area (TPSA) is 72.2 Å². The molecule has 0 fully saturated rings. The van der Waals surface area contributed by atoms with Crippen LogP contribution in [0.25, 0.3) is 11.0 Å². The van der Waals surface area contributed by atoms with Gasteiger partial charge in [-0.15, -0.1) is 0 Å². The zero-order valence-electron chi connectivity index (χ0n) is 14.0. The molecule has 1 N–H and O–H groups in total. The number of aromatic nitrogens is 2. The Morgan fingerprint density at radius 1 is 1.20 bits per heavy atom. The highest BCUT2D eigenvalue weighted by Crippen LogP contribution is 2.26. The van der Waals surface area contributed by atoms with E-state index in [1.807, 2.05) is 17.6 Å². The average molecular weight is 379 g/mol. The van der Waals surface area contributed by atoms with Crippen molar-refractivity contribution in [2.75, 3.05) is 6.61 Å². The van der Waals surface area contributed by atoms with Crippen molar-refractivity contribution in [3.8, 4) is 0 Å². The van der Waals surface area contributed by atoms with Gasteiger partial charge in [0, 0.05) is 11.6 Å². The lowest BCUT2D eigenvalue weighted by atomic mass is 10.2. The van der Waals surface area contributed by atoms with Gasteiger partial charge in [-0.3, -0.25) is 0 Å². The molecule has 0 aliphatic carbocycles. The number of nitrogens with zero attached hydrogens (tertiary/aromatic N) is 2. The molecule has 2 aromatic carbocycles. The standard InChI is InChI=1S/C18H19ClN2O3S/c1-12-15(19)4-3-5-18(12)25(23,24)11-14-6-7-17-16(10-14)20-13(2)21(17)8-9-22/h3-7,10,22H,8-9,11H2,1-2H3. The highest BCUT2D eigenvalue weighted by Gasteiger charge is 2.19. The van der Waals surface area contributed by atoms with Gasteiger partial charge in [-0.25, -0.2) is 13.4 Å². The molecule has 0 unspecified atom stereocenters. The Morgan fingerprint density at radius 2 is 1.96 bits per heavy atom. The highest BCUT2D eigenvalue weighted by molar-refractivity contribution is 7.90. The van der Waals surface area contributed by atoms with E-state index in [4.69, 9.17) is 16.7 Å². The molecule has 0 aliphatic heterocycles. The van der Waals surface area contributed by atoms with Gasteiger partial charge in [-0.05, 0) is 49.2 Å². The lowest BCUT2D eigenvalue weighted by Gasteiger charge is -2.09. The number of rotatable bonds is 5. The number of hydrogen-bond donors (Lipinski definition) is 1. The summed E-state index contributed by atoms with van der Waals surface area (Å²) in [4.78, 5) is 4.71. The van der Waals surface area contributed by atoms with Gasteiger partial charge in [0.1, 0.15) is 5.82 Å². The summed E-state index contributed by atoms with van der Waals surface area (Å²) in [5.41, 5.74) is 2.84. The van der Waals surface area contributed by atoms with E-state index < -0.39 is 9.84 Å². The molecule has 5 nitrogen and oxygen atoms in total. The average Bonchev–Trinajstić information content (AvgIpc) is 2.85. The first kappa shape index (κ1) is 17.9. The summed E-state index contributed by atoms with van der Waals surface area (Å²) in [6, 6.07) is 10.3. The first-order valence-electron chi connectivity index (χ1n) is 7.88. The molecule has 0 aliphatic rings. The largest absolute Gasteiger partial charge is 0.395 e. The van der Waals surface area contributed by atoms with Crippen LogP contribution >= 0.6 is 11.6 Å². The monoisotopic (exact) mass is 378 g/mol. The van der Waals surface area contributed by atoms with Crippen molar-refractivity contribution in [3.05, 3.63) is 58.4 Å². The third kappa shape index (κ3) is 3.42. The quantitative estimate of drug-likeness (QED) is 0.739. The van der Waals surface area contributed by atoms with Crippen LogP contribution in [0.15, 0.2) is 41.3 Å². The maximum absolute atomic E-state index is 12.8. The van der Waals surface area contributed by atoms with E-state index in [2.05, 4.69) is 4.98 Å². The van der Waals surface area contributed by atoms with Crippen LogP contribution in [0.3, 0.4) is 0 Å². The zero-order chi connectivity index (χ0) is 18.2. The van der Waals surface area contributed by atoms with E-state index in [-0.39, 0.29) is 17.3 Å². The van der Waals surface area contributed by atoms with Gasteiger partial charge in [0.15, 0.2) is 9.84 Å². The van der Waals surface area contributed by atoms with E-state index in [1.54, 1.807) is 37.3 Å². The molecule has 0 amide bonds. The summed E-state index contributed by atoms with van der Waals surface area (Å²) in [6.07, 6.45) is 0. The Hall–Kier alpha value is -1.89.